The van der Waals surface area contributed by atoms with E-state index in [2.05, 4.69) is 24.5 Å². The minimum Gasteiger partial charge on any atom is -0.310 e. The Hall–Kier alpha value is -0.340. The monoisotopic (exact) mass is 195 g/mol. The summed E-state index contributed by atoms with van der Waals surface area (Å²) in [6.45, 7) is 5.68. The first-order valence-corrected chi connectivity index (χ1v) is 6.07. The average molecular weight is 195 g/mol. The predicted octanol–water partition coefficient (Wildman–Crippen LogP) is 2.91. The molecule has 1 aromatic heterocycles. The van der Waals surface area contributed by atoms with E-state index < -0.39 is 0 Å². The van der Waals surface area contributed by atoms with Crippen molar-refractivity contribution in [3.63, 3.8) is 0 Å². The van der Waals surface area contributed by atoms with Gasteiger partial charge in [0.15, 0.2) is 0 Å². The van der Waals surface area contributed by atoms with E-state index in [9.17, 15) is 0 Å². The van der Waals surface area contributed by atoms with Gasteiger partial charge in [0.1, 0.15) is 0 Å². The van der Waals surface area contributed by atoms with Crippen molar-refractivity contribution in [3.05, 3.63) is 21.4 Å². The van der Waals surface area contributed by atoms with E-state index in [-0.39, 0.29) is 0 Å². The molecule has 0 radical (unpaired) electrons. The second-order valence-corrected chi connectivity index (χ2v) is 4.58. The lowest BCUT2D eigenvalue weighted by molar-refractivity contribution is 0.494. The highest BCUT2D eigenvalue weighted by Gasteiger charge is 2.22. The Morgan fingerprint density at radius 1 is 1.54 bits per heavy atom. The van der Waals surface area contributed by atoms with Crippen LogP contribution in [0.3, 0.4) is 0 Å². The Balaban J connectivity index is 2.39. The van der Waals surface area contributed by atoms with Gasteiger partial charge >= 0.3 is 0 Å². The summed E-state index contributed by atoms with van der Waals surface area (Å²) in [5.41, 5.74) is 3.19. The standard InChI is InChI=1S/C11H17NS/c1-3-8-7-13-10-5-6-12-9(4-2)11(8)10/h7,9,12H,3-6H2,1-2H3. The number of hydrogen-bond donors (Lipinski definition) is 1. The molecule has 1 aromatic rings. The molecule has 1 aliphatic rings. The van der Waals surface area contributed by atoms with Crippen LogP contribution in [0, 0.1) is 0 Å². The van der Waals surface area contributed by atoms with Gasteiger partial charge in [-0.2, -0.15) is 0 Å². The molecule has 1 N–H and O–H groups in total. The maximum atomic E-state index is 3.59. The molecule has 1 atom stereocenters. The molecule has 2 heterocycles. The van der Waals surface area contributed by atoms with Crippen LogP contribution < -0.4 is 5.32 Å². The topological polar surface area (TPSA) is 12.0 Å². The van der Waals surface area contributed by atoms with Gasteiger partial charge in [-0.25, -0.2) is 0 Å². The molecule has 1 aliphatic heterocycles. The van der Waals surface area contributed by atoms with Gasteiger partial charge in [0.25, 0.3) is 0 Å². The summed E-state index contributed by atoms with van der Waals surface area (Å²) in [6.07, 6.45) is 3.64. The summed E-state index contributed by atoms with van der Waals surface area (Å²) < 4.78 is 0. The summed E-state index contributed by atoms with van der Waals surface area (Å²) in [4.78, 5) is 1.63. The van der Waals surface area contributed by atoms with E-state index in [1.807, 2.05) is 11.3 Å². The van der Waals surface area contributed by atoms with Crippen molar-refractivity contribution in [2.45, 2.75) is 39.2 Å². The minimum atomic E-state index is 0.630. The molecule has 0 bridgehead atoms. The molecule has 0 saturated heterocycles. The summed E-state index contributed by atoms with van der Waals surface area (Å²) >= 11 is 1.96. The number of rotatable bonds is 2. The number of thiophene rings is 1. The van der Waals surface area contributed by atoms with Gasteiger partial charge in [-0.3, -0.25) is 0 Å². The molecule has 2 rings (SSSR count). The lowest BCUT2D eigenvalue weighted by Gasteiger charge is -2.24. The molecule has 13 heavy (non-hydrogen) atoms. The third-order valence-electron chi connectivity index (χ3n) is 2.87. The Morgan fingerprint density at radius 3 is 3.08 bits per heavy atom. The number of aryl methyl sites for hydroxylation is 1. The zero-order valence-corrected chi connectivity index (χ0v) is 9.21. The number of fused-ring (bicyclic) bond motifs is 1. The fourth-order valence-corrected chi connectivity index (χ4v) is 3.34. The van der Waals surface area contributed by atoms with E-state index in [0.29, 0.717) is 6.04 Å². The van der Waals surface area contributed by atoms with E-state index in [4.69, 9.17) is 0 Å². The Bertz CT molecular complexity index is 277. The van der Waals surface area contributed by atoms with Crippen molar-refractivity contribution in [2.24, 2.45) is 0 Å². The van der Waals surface area contributed by atoms with Gasteiger partial charge < -0.3 is 5.32 Å². The van der Waals surface area contributed by atoms with Crippen LogP contribution in [-0.4, -0.2) is 6.54 Å². The molecular formula is C11H17NS. The first-order chi connectivity index (χ1) is 6.36. The van der Waals surface area contributed by atoms with Crippen molar-refractivity contribution >= 4 is 11.3 Å². The van der Waals surface area contributed by atoms with Gasteiger partial charge in [0, 0.05) is 17.5 Å². The van der Waals surface area contributed by atoms with Crippen molar-refractivity contribution in [1.82, 2.24) is 5.32 Å². The van der Waals surface area contributed by atoms with E-state index in [0.717, 1.165) is 6.54 Å². The average Bonchev–Trinajstić information content (AvgIpc) is 2.60. The fourth-order valence-electron chi connectivity index (χ4n) is 2.14. The van der Waals surface area contributed by atoms with Gasteiger partial charge in [-0.05, 0) is 35.8 Å². The molecule has 72 valence electrons. The Labute approximate surface area is 84.2 Å². The summed E-state index contributed by atoms with van der Waals surface area (Å²) in [5, 5.41) is 5.94. The van der Waals surface area contributed by atoms with Crippen LogP contribution in [0.2, 0.25) is 0 Å². The highest BCUT2D eigenvalue weighted by Crippen LogP contribution is 2.33. The van der Waals surface area contributed by atoms with Crippen LogP contribution in [0.5, 0.6) is 0 Å². The van der Waals surface area contributed by atoms with Crippen LogP contribution in [0.25, 0.3) is 0 Å². The van der Waals surface area contributed by atoms with Crippen LogP contribution in [0.1, 0.15) is 42.3 Å². The van der Waals surface area contributed by atoms with Crippen LogP contribution in [-0.2, 0) is 12.8 Å². The third-order valence-corrected chi connectivity index (χ3v) is 3.98. The van der Waals surface area contributed by atoms with Crippen LogP contribution in [0.4, 0.5) is 0 Å². The van der Waals surface area contributed by atoms with Crippen LogP contribution >= 0.6 is 11.3 Å². The SMILES string of the molecule is CCc1csc2c1C(CC)NCC2. The zero-order valence-electron chi connectivity index (χ0n) is 8.39. The first kappa shape index (κ1) is 9.22. The summed E-state index contributed by atoms with van der Waals surface area (Å²) in [5.74, 6) is 0. The Kier molecular flexibility index (Phi) is 2.70. The van der Waals surface area contributed by atoms with Gasteiger partial charge in [-0.1, -0.05) is 13.8 Å². The lowest BCUT2D eigenvalue weighted by Crippen LogP contribution is -2.28. The second kappa shape index (κ2) is 3.81. The van der Waals surface area contributed by atoms with Crippen molar-refractivity contribution < 1.29 is 0 Å². The van der Waals surface area contributed by atoms with Gasteiger partial charge in [-0.15, -0.1) is 11.3 Å². The van der Waals surface area contributed by atoms with Crippen molar-refractivity contribution in [3.8, 4) is 0 Å². The Morgan fingerprint density at radius 2 is 2.38 bits per heavy atom. The highest BCUT2D eigenvalue weighted by atomic mass is 32.1. The predicted molar refractivity (Wildman–Crippen MR) is 58.4 cm³/mol. The maximum absolute atomic E-state index is 3.59. The van der Waals surface area contributed by atoms with Crippen LogP contribution in [0.15, 0.2) is 5.38 Å². The molecule has 2 heteroatoms. The minimum absolute atomic E-state index is 0.630. The maximum Gasteiger partial charge on any atom is 0.0331 e. The first-order valence-electron chi connectivity index (χ1n) is 5.19. The number of nitrogens with one attached hydrogen (secondary N) is 1. The quantitative estimate of drug-likeness (QED) is 0.765. The molecule has 0 fully saturated rings. The molecule has 0 aliphatic carbocycles. The fraction of sp³-hybridized carbons (Fsp3) is 0.636. The van der Waals surface area contributed by atoms with Crippen molar-refractivity contribution in [1.29, 1.82) is 0 Å². The molecule has 0 saturated carbocycles. The van der Waals surface area contributed by atoms with Gasteiger partial charge in [0.05, 0.1) is 0 Å². The normalized spacial score (nSPS) is 21.5. The highest BCUT2D eigenvalue weighted by molar-refractivity contribution is 7.10. The third kappa shape index (κ3) is 1.53. The molecule has 1 nitrogen and oxygen atoms in total. The van der Waals surface area contributed by atoms with E-state index in [1.165, 1.54) is 19.3 Å². The molecule has 0 spiro atoms. The zero-order chi connectivity index (χ0) is 9.26. The summed E-state index contributed by atoms with van der Waals surface area (Å²) in [7, 11) is 0. The smallest absolute Gasteiger partial charge is 0.0331 e. The molecular weight excluding hydrogens is 178 g/mol. The number of hydrogen-bond acceptors (Lipinski definition) is 2. The second-order valence-electron chi connectivity index (χ2n) is 3.62. The van der Waals surface area contributed by atoms with E-state index >= 15 is 0 Å². The van der Waals surface area contributed by atoms with Crippen molar-refractivity contribution in [2.75, 3.05) is 6.54 Å². The lowest BCUT2D eigenvalue weighted by atomic mass is 9.95. The largest absolute Gasteiger partial charge is 0.310 e. The van der Waals surface area contributed by atoms with E-state index in [1.54, 1.807) is 16.0 Å². The molecule has 0 aromatic carbocycles. The summed E-state index contributed by atoms with van der Waals surface area (Å²) in [6, 6.07) is 0.630. The molecule has 1 unspecified atom stereocenters. The molecule has 0 amide bonds. The van der Waals surface area contributed by atoms with Gasteiger partial charge in [0.2, 0.25) is 0 Å².